The molecule has 25 heavy (non-hydrogen) atoms. The van der Waals surface area contributed by atoms with Crippen LogP contribution in [0.1, 0.15) is 40.2 Å². The van der Waals surface area contributed by atoms with E-state index in [-0.39, 0.29) is 5.97 Å². The molecule has 0 heterocycles. The molecule has 0 bridgehead atoms. The number of carbonyl (C=O) groups is 1. The van der Waals surface area contributed by atoms with Gasteiger partial charge in [-0.15, -0.1) is 0 Å². The lowest BCUT2D eigenvalue weighted by molar-refractivity contribution is -0.143. The first-order valence-electron chi connectivity index (χ1n) is 7.94. The van der Waals surface area contributed by atoms with Crippen molar-refractivity contribution in [1.82, 2.24) is 0 Å². The van der Waals surface area contributed by atoms with Gasteiger partial charge < -0.3 is 18.5 Å². The number of rotatable bonds is 7. The lowest BCUT2D eigenvalue weighted by Crippen LogP contribution is -2.25. The van der Waals surface area contributed by atoms with Gasteiger partial charge in [0.1, 0.15) is 5.75 Å². The van der Waals surface area contributed by atoms with Crippen molar-refractivity contribution >= 4 is 25.8 Å². The molecular weight excluding hydrogens is 367 g/mol. The van der Waals surface area contributed by atoms with Gasteiger partial charge in [0.05, 0.1) is 25.2 Å². The fraction of sp³-hybridized carbons (Fsp3) is 0.588. The molecule has 0 fully saturated rings. The molecule has 144 valence electrons. The molecule has 1 rings (SSSR count). The highest BCUT2D eigenvalue weighted by Gasteiger charge is 2.23. The average Bonchev–Trinajstić information content (AvgIpc) is 2.47. The van der Waals surface area contributed by atoms with Crippen LogP contribution >= 0.6 is 19.9 Å². The number of hydrogen-bond donors (Lipinski definition) is 0. The molecule has 0 aliphatic carbocycles. The Morgan fingerprint density at radius 1 is 1.12 bits per heavy atom. The summed E-state index contributed by atoms with van der Waals surface area (Å²) in [6, 6.07) is 5.14. The van der Waals surface area contributed by atoms with E-state index in [0.717, 1.165) is 5.56 Å². The van der Waals surface area contributed by atoms with E-state index < -0.39 is 13.7 Å². The van der Waals surface area contributed by atoms with E-state index in [2.05, 4.69) is 9.05 Å². The van der Waals surface area contributed by atoms with E-state index in [4.69, 9.17) is 21.1 Å². The molecule has 0 saturated carbocycles. The van der Waals surface area contributed by atoms with Crippen molar-refractivity contribution in [3.8, 4) is 5.75 Å². The van der Waals surface area contributed by atoms with Crippen molar-refractivity contribution in [1.29, 1.82) is 0 Å². The van der Waals surface area contributed by atoms with E-state index in [9.17, 15) is 9.36 Å². The monoisotopic (exact) mass is 394 g/mol. The van der Waals surface area contributed by atoms with E-state index in [1.54, 1.807) is 59.9 Å². The van der Waals surface area contributed by atoms with Gasteiger partial charge >= 0.3 is 14.2 Å². The summed E-state index contributed by atoms with van der Waals surface area (Å²) in [4.78, 5) is 11.7. The SMILES string of the molecule is CCO[PH](=O)OCC.COCc1cc(Cl)cc(OC(=O)C(C)(C)C)c1. The summed E-state index contributed by atoms with van der Waals surface area (Å²) in [7, 11) is -0.543. The second-order valence-electron chi connectivity index (χ2n) is 5.98. The van der Waals surface area contributed by atoms with Gasteiger partial charge in [0, 0.05) is 12.1 Å². The van der Waals surface area contributed by atoms with Crippen LogP contribution in [0.3, 0.4) is 0 Å². The minimum absolute atomic E-state index is 0.289. The quantitative estimate of drug-likeness (QED) is 0.372. The molecule has 0 spiro atoms. The molecule has 0 N–H and O–H groups in total. The van der Waals surface area contributed by atoms with E-state index >= 15 is 0 Å². The maximum atomic E-state index is 11.7. The summed E-state index contributed by atoms with van der Waals surface area (Å²) < 4.78 is 29.9. The van der Waals surface area contributed by atoms with Gasteiger partial charge in [-0.1, -0.05) is 11.6 Å². The topological polar surface area (TPSA) is 71.1 Å². The molecule has 0 atom stereocenters. The molecule has 0 amide bonds. The molecule has 0 radical (unpaired) electrons. The lowest BCUT2D eigenvalue weighted by Gasteiger charge is -2.16. The third kappa shape index (κ3) is 11.3. The van der Waals surface area contributed by atoms with Crippen LogP contribution in [0.15, 0.2) is 18.2 Å². The summed E-state index contributed by atoms with van der Waals surface area (Å²) in [5.74, 6) is 0.160. The minimum Gasteiger partial charge on any atom is -0.426 e. The molecule has 0 aliphatic heterocycles. The van der Waals surface area contributed by atoms with Gasteiger partial charge in [-0.2, -0.15) is 0 Å². The van der Waals surface area contributed by atoms with Crippen LogP contribution in [-0.4, -0.2) is 26.3 Å². The highest BCUT2D eigenvalue weighted by molar-refractivity contribution is 7.33. The number of esters is 1. The summed E-state index contributed by atoms with van der Waals surface area (Å²) in [5, 5.41) is 0.524. The number of ether oxygens (including phenoxy) is 2. The number of hydrogen-bond acceptors (Lipinski definition) is 6. The van der Waals surface area contributed by atoms with Crippen LogP contribution < -0.4 is 4.74 Å². The molecule has 0 aliphatic rings. The lowest BCUT2D eigenvalue weighted by atomic mass is 9.97. The Labute approximate surface area is 155 Å². The maximum Gasteiger partial charge on any atom is 0.319 e. The molecule has 0 aromatic heterocycles. The van der Waals surface area contributed by atoms with Crippen molar-refractivity contribution in [3.63, 3.8) is 0 Å². The number of halogens is 1. The van der Waals surface area contributed by atoms with Gasteiger partial charge in [-0.3, -0.25) is 9.36 Å². The molecule has 1 aromatic carbocycles. The zero-order chi connectivity index (χ0) is 19.5. The summed E-state index contributed by atoms with van der Waals surface area (Å²) >= 11 is 5.94. The molecule has 8 heteroatoms. The van der Waals surface area contributed by atoms with Crippen LogP contribution in [0.25, 0.3) is 0 Å². The van der Waals surface area contributed by atoms with Crippen LogP contribution in [0, 0.1) is 5.41 Å². The summed E-state index contributed by atoms with van der Waals surface area (Å²) in [6.07, 6.45) is 0. The Hall–Kier alpha value is -0.910. The molecule has 0 unspecified atom stereocenters. The summed E-state index contributed by atoms with van der Waals surface area (Å²) in [6.45, 7) is 10.3. The second-order valence-corrected chi connectivity index (χ2v) is 7.50. The molecule has 0 saturated heterocycles. The predicted molar refractivity (Wildman–Crippen MR) is 99.5 cm³/mol. The van der Waals surface area contributed by atoms with E-state index in [0.29, 0.717) is 30.6 Å². The summed E-state index contributed by atoms with van der Waals surface area (Å²) in [5.41, 5.74) is 0.334. The molecular formula is C17H28ClO6P. The third-order valence-corrected chi connectivity index (χ3v) is 3.86. The molecule has 1 aromatic rings. The number of benzene rings is 1. The van der Waals surface area contributed by atoms with E-state index in [1.807, 2.05) is 0 Å². The highest BCUT2D eigenvalue weighted by atomic mass is 35.5. The van der Waals surface area contributed by atoms with Gasteiger partial charge in [-0.25, -0.2) is 0 Å². The van der Waals surface area contributed by atoms with Crippen LogP contribution in [0.2, 0.25) is 5.02 Å². The van der Waals surface area contributed by atoms with Crippen molar-refractivity contribution in [2.24, 2.45) is 5.41 Å². The Morgan fingerprint density at radius 3 is 2.12 bits per heavy atom. The Bertz CT molecular complexity index is 549. The third-order valence-electron chi connectivity index (χ3n) is 2.59. The number of methoxy groups -OCH3 is 1. The van der Waals surface area contributed by atoms with E-state index in [1.165, 1.54) is 0 Å². The first-order chi connectivity index (χ1) is 11.6. The maximum absolute atomic E-state index is 11.7. The van der Waals surface area contributed by atoms with Gasteiger partial charge in [0.25, 0.3) is 0 Å². The van der Waals surface area contributed by atoms with Crippen molar-refractivity contribution < 1.29 is 27.9 Å². The average molecular weight is 395 g/mol. The van der Waals surface area contributed by atoms with Crippen molar-refractivity contribution in [3.05, 3.63) is 28.8 Å². The van der Waals surface area contributed by atoms with Gasteiger partial charge in [0.2, 0.25) is 0 Å². The highest BCUT2D eigenvalue weighted by Crippen LogP contribution is 2.24. The first kappa shape index (κ1) is 24.1. The van der Waals surface area contributed by atoms with Gasteiger partial charge in [-0.05, 0) is 58.4 Å². The van der Waals surface area contributed by atoms with Gasteiger partial charge in [0.15, 0.2) is 0 Å². The van der Waals surface area contributed by atoms with Crippen LogP contribution in [0.5, 0.6) is 5.75 Å². The van der Waals surface area contributed by atoms with Crippen molar-refractivity contribution in [2.75, 3.05) is 20.3 Å². The minimum atomic E-state index is -2.14. The smallest absolute Gasteiger partial charge is 0.319 e. The van der Waals surface area contributed by atoms with Crippen LogP contribution in [-0.2, 0) is 29.8 Å². The van der Waals surface area contributed by atoms with Crippen LogP contribution in [0.4, 0.5) is 0 Å². The Balaban J connectivity index is 0.000000609. The largest absolute Gasteiger partial charge is 0.426 e. The zero-order valence-corrected chi connectivity index (χ0v) is 17.4. The fourth-order valence-corrected chi connectivity index (χ4v) is 2.27. The fourth-order valence-electron chi connectivity index (χ4n) is 1.47. The second kappa shape index (κ2) is 12.4. The number of carbonyl (C=O) groups excluding carboxylic acids is 1. The molecule has 6 nitrogen and oxygen atoms in total. The Morgan fingerprint density at radius 2 is 1.68 bits per heavy atom. The first-order valence-corrected chi connectivity index (χ1v) is 9.54. The zero-order valence-electron chi connectivity index (χ0n) is 15.7. The predicted octanol–water partition coefficient (Wildman–Crippen LogP) is 4.89. The normalized spacial score (nSPS) is 11.0. The standard InChI is InChI=1S/C13H17ClO3.C4H11O3P/c1-13(2,3)12(15)17-11-6-9(8-16-4)5-10(14)7-11;1-3-6-8(5)7-4-2/h5-7H,8H2,1-4H3;8H,3-4H2,1-2H3. The Kier molecular flexibility index (Phi) is 12.0. The van der Waals surface area contributed by atoms with Crippen molar-refractivity contribution in [2.45, 2.75) is 41.2 Å².